The molecule has 0 aliphatic heterocycles. The van der Waals surface area contributed by atoms with Gasteiger partial charge in [-0.3, -0.25) is 9.69 Å². The van der Waals surface area contributed by atoms with E-state index in [1.165, 1.54) is 12.8 Å². The van der Waals surface area contributed by atoms with Gasteiger partial charge in [-0.25, -0.2) is 0 Å². The van der Waals surface area contributed by atoms with Crippen molar-refractivity contribution in [3.05, 3.63) is 30.3 Å². The quantitative estimate of drug-likeness (QED) is 0.863. The number of hydrogen-bond acceptors (Lipinski definition) is 3. The third-order valence-electron chi connectivity index (χ3n) is 4.08. The zero-order chi connectivity index (χ0) is 14.4. The van der Waals surface area contributed by atoms with Crippen molar-refractivity contribution in [1.82, 2.24) is 4.90 Å². The Morgan fingerprint density at radius 1 is 1.25 bits per heavy atom. The molecule has 0 heterocycles. The smallest absolute Gasteiger partial charge is 0.240 e. The van der Waals surface area contributed by atoms with E-state index in [1.54, 1.807) is 4.90 Å². The summed E-state index contributed by atoms with van der Waals surface area (Å²) in [7, 11) is 1.81. The molecule has 4 heteroatoms. The van der Waals surface area contributed by atoms with Gasteiger partial charge in [-0.1, -0.05) is 31.0 Å². The zero-order valence-electron chi connectivity index (χ0n) is 12.2. The van der Waals surface area contributed by atoms with Crippen LogP contribution in [0.5, 0.6) is 0 Å². The van der Waals surface area contributed by atoms with Gasteiger partial charge in [-0.2, -0.15) is 0 Å². The average Bonchev–Trinajstić information content (AvgIpc) is 3.01. The van der Waals surface area contributed by atoms with E-state index in [0.29, 0.717) is 19.1 Å². The Morgan fingerprint density at radius 3 is 2.50 bits per heavy atom. The lowest BCUT2D eigenvalue weighted by molar-refractivity contribution is -0.120. The van der Waals surface area contributed by atoms with Gasteiger partial charge in [0.15, 0.2) is 0 Å². The second-order valence-electron chi connectivity index (χ2n) is 5.42. The van der Waals surface area contributed by atoms with E-state index in [9.17, 15) is 9.90 Å². The first-order valence-corrected chi connectivity index (χ1v) is 7.39. The molecule has 4 nitrogen and oxygen atoms in total. The van der Waals surface area contributed by atoms with Crippen LogP contribution in [0.2, 0.25) is 0 Å². The number of hydrogen-bond donors (Lipinski definition) is 1. The molecule has 20 heavy (non-hydrogen) atoms. The summed E-state index contributed by atoms with van der Waals surface area (Å²) in [5.41, 5.74) is 0.910. The summed E-state index contributed by atoms with van der Waals surface area (Å²) in [6.07, 6.45) is 4.75. The van der Waals surface area contributed by atoms with Crippen LogP contribution in [0.15, 0.2) is 30.3 Å². The van der Waals surface area contributed by atoms with Gasteiger partial charge < -0.3 is 10.0 Å². The van der Waals surface area contributed by atoms with Gasteiger partial charge in [-0.05, 0) is 25.0 Å². The number of aliphatic hydroxyl groups is 1. The van der Waals surface area contributed by atoms with Crippen molar-refractivity contribution in [3.8, 4) is 0 Å². The minimum absolute atomic E-state index is 0.0801. The molecule has 0 aromatic heterocycles. The molecule has 0 spiro atoms. The molecular formula is C16H24N2O2. The molecule has 1 aliphatic carbocycles. The first kappa shape index (κ1) is 15.0. The van der Waals surface area contributed by atoms with Gasteiger partial charge in [0.2, 0.25) is 5.91 Å². The van der Waals surface area contributed by atoms with Crippen LogP contribution in [0.25, 0.3) is 0 Å². The summed E-state index contributed by atoms with van der Waals surface area (Å²) in [4.78, 5) is 16.2. The molecule has 0 unspecified atom stereocenters. The van der Waals surface area contributed by atoms with E-state index in [-0.39, 0.29) is 12.5 Å². The zero-order valence-corrected chi connectivity index (χ0v) is 12.2. The summed E-state index contributed by atoms with van der Waals surface area (Å²) >= 11 is 0. The maximum atomic E-state index is 12.4. The van der Waals surface area contributed by atoms with Crippen molar-refractivity contribution >= 4 is 11.6 Å². The molecule has 0 atom stereocenters. The lowest BCUT2D eigenvalue weighted by Gasteiger charge is -2.29. The van der Waals surface area contributed by atoms with Crippen molar-refractivity contribution in [2.24, 2.45) is 0 Å². The third-order valence-corrected chi connectivity index (χ3v) is 4.08. The number of rotatable bonds is 6. The Bertz CT molecular complexity index is 416. The van der Waals surface area contributed by atoms with Crippen LogP contribution in [0.4, 0.5) is 5.69 Å². The summed E-state index contributed by atoms with van der Waals surface area (Å²) in [6.45, 7) is 1.08. The fraction of sp³-hybridized carbons (Fsp3) is 0.562. The number of likely N-dealkylation sites (N-methyl/N-ethyl adjacent to an activating group) is 1. The predicted molar refractivity (Wildman–Crippen MR) is 80.8 cm³/mol. The lowest BCUT2D eigenvalue weighted by atomic mass is 10.2. The van der Waals surface area contributed by atoms with E-state index in [4.69, 9.17) is 0 Å². The molecule has 1 aromatic carbocycles. The van der Waals surface area contributed by atoms with Crippen LogP contribution in [0, 0.1) is 0 Å². The first-order chi connectivity index (χ1) is 9.72. The van der Waals surface area contributed by atoms with Gasteiger partial charge >= 0.3 is 0 Å². The van der Waals surface area contributed by atoms with Crippen molar-refractivity contribution in [3.63, 3.8) is 0 Å². The first-order valence-electron chi connectivity index (χ1n) is 7.39. The highest BCUT2D eigenvalue weighted by Crippen LogP contribution is 2.23. The Balaban J connectivity index is 1.97. The number of nitrogens with zero attached hydrogens (tertiary/aromatic N) is 2. The standard InChI is InChI=1S/C16H24N2O2/c1-17(14-7-3-2-4-8-14)16(20)13-18(11-12-19)15-9-5-6-10-15/h2-4,7-8,15,19H,5-6,9-13H2,1H3. The maximum Gasteiger partial charge on any atom is 0.240 e. The monoisotopic (exact) mass is 276 g/mol. The van der Waals surface area contributed by atoms with Gasteiger partial charge in [0, 0.05) is 25.3 Å². The minimum Gasteiger partial charge on any atom is -0.395 e. The van der Waals surface area contributed by atoms with Crippen molar-refractivity contribution in [2.45, 2.75) is 31.7 Å². The molecule has 1 N–H and O–H groups in total. The molecule has 110 valence electrons. The largest absolute Gasteiger partial charge is 0.395 e. The predicted octanol–water partition coefficient (Wildman–Crippen LogP) is 1.89. The second kappa shape index (κ2) is 7.41. The van der Waals surface area contributed by atoms with Gasteiger partial charge in [0.25, 0.3) is 0 Å². The SMILES string of the molecule is CN(C(=O)CN(CCO)C1CCCC1)c1ccccc1. The fourth-order valence-corrected chi connectivity index (χ4v) is 2.86. The third kappa shape index (κ3) is 3.81. The van der Waals surface area contributed by atoms with Crippen LogP contribution >= 0.6 is 0 Å². The van der Waals surface area contributed by atoms with E-state index >= 15 is 0 Å². The molecule has 1 amide bonds. The minimum atomic E-state index is 0.0801. The highest BCUT2D eigenvalue weighted by atomic mass is 16.3. The van der Waals surface area contributed by atoms with Crippen molar-refractivity contribution < 1.29 is 9.90 Å². The number of carbonyl (C=O) groups is 1. The van der Waals surface area contributed by atoms with E-state index in [2.05, 4.69) is 4.90 Å². The van der Waals surface area contributed by atoms with Crippen LogP contribution in [0.3, 0.4) is 0 Å². The van der Waals surface area contributed by atoms with E-state index < -0.39 is 0 Å². The van der Waals surface area contributed by atoms with Crippen LogP contribution in [0.1, 0.15) is 25.7 Å². The summed E-state index contributed by atoms with van der Waals surface area (Å²) in [6, 6.07) is 10.1. The fourth-order valence-electron chi connectivity index (χ4n) is 2.86. The number of carbonyl (C=O) groups excluding carboxylic acids is 1. The highest BCUT2D eigenvalue weighted by Gasteiger charge is 2.25. The van der Waals surface area contributed by atoms with Gasteiger partial charge in [0.1, 0.15) is 0 Å². The molecule has 1 aliphatic rings. The molecular weight excluding hydrogens is 252 g/mol. The number of aliphatic hydroxyl groups excluding tert-OH is 1. The molecule has 0 radical (unpaired) electrons. The Kier molecular flexibility index (Phi) is 5.56. The summed E-state index contributed by atoms with van der Waals surface area (Å²) < 4.78 is 0. The summed E-state index contributed by atoms with van der Waals surface area (Å²) in [5.74, 6) is 0.0801. The second-order valence-corrected chi connectivity index (χ2v) is 5.42. The van der Waals surface area contributed by atoms with Crippen LogP contribution in [-0.4, -0.2) is 48.7 Å². The molecule has 1 fully saturated rings. The summed E-state index contributed by atoms with van der Waals surface area (Å²) in [5, 5.41) is 9.20. The number of para-hydroxylation sites is 1. The topological polar surface area (TPSA) is 43.8 Å². The molecule has 0 bridgehead atoms. The molecule has 0 saturated heterocycles. The number of benzene rings is 1. The Hall–Kier alpha value is -1.39. The van der Waals surface area contributed by atoms with E-state index in [0.717, 1.165) is 18.5 Å². The Labute approximate surface area is 121 Å². The lowest BCUT2D eigenvalue weighted by Crippen LogP contribution is -2.44. The van der Waals surface area contributed by atoms with E-state index in [1.807, 2.05) is 37.4 Å². The Morgan fingerprint density at radius 2 is 1.90 bits per heavy atom. The maximum absolute atomic E-state index is 12.4. The average molecular weight is 276 g/mol. The molecule has 1 aromatic rings. The van der Waals surface area contributed by atoms with Crippen LogP contribution < -0.4 is 4.90 Å². The highest BCUT2D eigenvalue weighted by molar-refractivity contribution is 5.94. The number of anilines is 1. The normalized spacial score (nSPS) is 15.8. The van der Waals surface area contributed by atoms with Gasteiger partial charge in [-0.15, -0.1) is 0 Å². The number of amides is 1. The molecule has 1 saturated carbocycles. The van der Waals surface area contributed by atoms with Crippen molar-refractivity contribution in [2.75, 3.05) is 31.6 Å². The van der Waals surface area contributed by atoms with Gasteiger partial charge in [0.05, 0.1) is 13.2 Å². The molecule has 2 rings (SSSR count). The van der Waals surface area contributed by atoms with Crippen LogP contribution in [-0.2, 0) is 4.79 Å². The van der Waals surface area contributed by atoms with Crippen molar-refractivity contribution in [1.29, 1.82) is 0 Å².